The third-order valence-electron chi connectivity index (χ3n) is 2.64. The fourth-order valence-corrected chi connectivity index (χ4v) is 1.92. The number of hydrogen-bond acceptors (Lipinski definition) is 4. The zero-order valence-electron chi connectivity index (χ0n) is 10.4. The molecule has 0 spiro atoms. The van der Waals surface area contributed by atoms with E-state index >= 15 is 0 Å². The first-order chi connectivity index (χ1) is 8.32. The number of halogens is 1. The summed E-state index contributed by atoms with van der Waals surface area (Å²) in [6, 6.07) is 2.96. The van der Waals surface area contributed by atoms with Gasteiger partial charge in [0.2, 0.25) is 0 Å². The molecule has 2 unspecified atom stereocenters. The summed E-state index contributed by atoms with van der Waals surface area (Å²) in [7, 11) is -0.911. The van der Waals surface area contributed by atoms with Crippen molar-refractivity contribution in [3.8, 4) is 0 Å². The van der Waals surface area contributed by atoms with Crippen molar-refractivity contribution in [1.82, 2.24) is 0 Å². The lowest BCUT2D eigenvalue weighted by Crippen LogP contribution is -2.21. The molecule has 1 aromatic rings. The van der Waals surface area contributed by atoms with Crippen LogP contribution in [0.2, 0.25) is 5.02 Å². The second-order valence-corrected chi connectivity index (χ2v) is 6.27. The van der Waals surface area contributed by atoms with E-state index in [0.717, 1.165) is 11.3 Å². The Morgan fingerprint density at radius 3 is 2.67 bits per heavy atom. The minimum atomic E-state index is -0.911. The molecule has 1 N–H and O–H groups in total. The standard InChI is InChI=1S/C11H15ClN2O3S/c1-7-4-11(14(15)16)9(12)5-10(7)13-6-8(2)18(3)17/h4-5,8,13H,6H2,1-3H3. The number of benzene rings is 1. The van der Waals surface area contributed by atoms with Gasteiger partial charge in [-0.1, -0.05) is 11.6 Å². The fraction of sp³-hybridized carbons (Fsp3) is 0.455. The van der Waals surface area contributed by atoms with Gasteiger partial charge in [0, 0.05) is 40.6 Å². The van der Waals surface area contributed by atoms with Crippen molar-refractivity contribution in [2.45, 2.75) is 19.1 Å². The van der Waals surface area contributed by atoms with Crippen LogP contribution >= 0.6 is 11.6 Å². The largest absolute Gasteiger partial charge is 0.384 e. The normalized spacial score (nSPS) is 14.0. The first kappa shape index (κ1) is 14.9. The number of nitrogens with one attached hydrogen (secondary N) is 1. The number of aryl methyl sites for hydroxylation is 1. The lowest BCUT2D eigenvalue weighted by atomic mass is 10.1. The zero-order chi connectivity index (χ0) is 13.9. The van der Waals surface area contributed by atoms with Crippen LogP contribution < -0.4 is 5.32 Å². The average molecular weight is 291 g/mol. The summed E-state index contributed by atoms with van der Waals surface area (Å²) in [6.45, 7) is 4.16. The quantitative estimate of drug-likeness (QED) is 0.668. The average Bonchev–Trinajstić information content (AvgIpc) is 2.28. The Morgan fingerprint density at radius 1 is 1.56 bits per heavy atom. The molecule has 0 aliphatic heterocycles. The van der Waals surface area contributed by atoms with Crippen LogP contribution in [0, 0.1) is 17.0 Å². The number of nitrogens with zero attached hydrogens (tertiary/aromatic N) is 1. The second-order valence-electron chi connectivity index (χ2n) is 4.07. The van der Waals surface area contributed by atoms with E-state index in [2.05, 4.69) is 5.32 Å². The summed E-state index contributed by atoms with van der Waals surface area (Å²) in [5, 5.41) is 13.9. The predicted molar refractivity (Wildman–Crippen MR) is 74.9 cm³/mol. The maximum absolute atomic E-state index is 11.2. The summed E-state index contributed by atoms with van der Waals surface area (Å²) >= 11 is 5.83. The van der Waals surface area contributed by atoms with Gasteiger partial charge < -0.3 is 5.32 Å². The van der Waals surface area contributed by atoms with Gasteiger partial charge in [-0.05, 0) is 25.5 Å². The van der Waals surface area contributed by atoms with Crippen LogP contribution in [0.4, 0.5) is 11.4 Å². The van der Waals surface area contributed by atoms with Gasteiger partial charge in [-0.3, -0.25) is 14.3 Å². The van der Waals surface area contributed by atoms with Crippen LogP contribution in [0.3, 0.4) is 0 Å². The van der Waals surface area contributed by atoms with Crippen molar-refractivity contribution in [2.75, 3.05) is 18.1 Å². The van der Waals surface area contributed by atoms with Gasteiger partial charge in [-0.2, -0.15) is 0 Å². The van der Waals surface area contributed by atoms with E-state index in [4.69, 9.17) is 11.6 Å². The van der Waals surface area contributed by atoms with Gasteiger partial charge in [0.1, 0.15) is 5.02 Å². The molecule has 100 valence electrons. The van der Waals surface area contributed by atoms with Gasteiger partial charge in [-0.15, -0.1) is 0 Å². The topological polar surface area (TPSA) is 72.2 Å². The lowest BCUT2D eigenvalue weighted by Gasteiger charge is -2.13. The molecule has 0 heterocycles. The van der Waals surface area contributed by atoms with Gasteiger partial charge in [-0.25, -0.2) is 0 Å². The molecule has 0 aliphatic rings. The van der Waals surface area contributed by atoms with E-state index in [1.807, 2.05) is 6.92 Å². The maximum atomic E-state index is 11.2. The molecule has 0 saturated carbocycles. The Balaban J connectivity index is 2.88. The van der Waals surface area contributed by atoms with E-state index in [0.29, 0.717) is 6.54 Å². The molecule has 0 fully saturated rings. The first-order valence-corrected chi connectivity index (χ1v) is 7.33. The minimum absolute atomic E-state index is 0.00151. The molecule has 0 radical (unpaired) electrons. The molecular weight excluding hydrogens is 276 g/mol. The number of nitro groups is 1. The molecule has 1 rings (SSSR count). The van der Waals surface area contributed by atoms with E-state index in [-0.39, 0.29) is 16.0 Å². The van der Waals surface area contributed by atoms with Crippen LogP contribution in [0.5, 0.6) is 0 Å². The van der Waals surface area contributed by atoms with E-state index in [1.165, 1.54) is 12.1 Å². The van der Waals surface area contributed by atoms with Crippen molar-refractivity contribution in [1.29, 1.82) is 0 Å². The highest BCUT2D eigenvalue weighted by Gasteiger charge is 2.15. The SMILES string of the molecule is Cc1cc([N+](=O)[O-])c(Cl)cc1NCC(C)S(C)=O. The molecule has 0 bridgehead atoms. The summed E-state index contributed by atoms with van der Waals surface area (Å²) in [4.78, 5) is 10.2. The van der Waals surface area contributed by atoms with Crippen molar-refractivity contribution in [3.05, 3.63) is 32.8 Å². The van der Waals surface area contributed by atoms with E-state index in [1.54, 1.807) is 13.2 Å². The molecule has 0 aliphatic carbocycles. The highest BCUT2D eigenvalue weighted by molar-refractivity contribution is 7.84. The van der Waals surface area contributed by atoms with Crippen LogP contribution in [-0.2, 0) is 10.8 Å². The Morgan fingerprint density at radius 2 is 2.17 bits per heavy atom. The molecule has 1 aromatic carbocycles. The molecule has 18 heavy (non-hydrogen) atoms. The van der Waals surface area contributed by atoms with E-state index in [9.17, 15) is 14.3 Å². The monoisotopic (exact) mass is 290 g/mol. The Labute approximate surface area is 113 Å². The van der Waals surface area contributed by atoms with Crippen molar-refractivity contribution in [2.24, 2.45) is 0 Å². The highest BCUT2D eigenvalue weighted by Crippen LogP contribution is 2.30. The summed E-state index contributed by atoms with van der Waals surface area (Å²) in [5.41, 5.74) is 1.36. The highest BCUT2D eigenvalue weighted by atomic mass is 35.5. The Kier molecular flexibility index (Phi) is 5.10. The summed E-state index contributed by atoms with van der Waals surface area (Å²) in [5.74, 6) is 0. The summed E-state index contributed by atoms with van der Waals surface area (Å²) in [6.07, 6.45) is 1.64. The van der Waals surface area contributed by atoms with Crippen molar-refractivity contribution in [3.63, 3.8) is 0 Å². The minimum Gasteiger partial charge on any atom is -0.384 e. The molecule has 0 saturated heterocycles. The van der Waals surface area contributed by atoms with Crippen LogP contribution in [0.25, 0.3) is 0 Å². The van der Waals surface area contributed by atoms with Gasteiger partial charge in [0.15, 0.2) is 0 Å². The maximum Gasteiger partial charge on any atom is 0.288 e. The van der Waals surface area contributed by atoms with Crippen molar-refractivity contribution >= 4 is 33.8 Å². The Bertz CT molecular complexity index is 493. The van der Waals surface area contributed by atoms with Crippen LogP contribution in [0.1, 0.15) is 12.5 Å². The molecular formula is C11H15ClN2O3S. The zero-order valence-corrected chi connectivity index (χ0v) is 12.0. The number of rotatable bonds is 5. The second kappa shape index (κ2) is 6.15. The number of nitro benzene ring substituents is 1. The first-order valence-electron chi connectivity index (χ1n) is 5.33. The predicted octanol–water partition coefficient (Wildman–Crippen LogP) is 2.74. The number of anilines is 1. The fourth-order valence-electron chi connectivity index (χ4n) is 1.37. The van der Waals surface area contributed by atoms with Gasteiger partial charge in [0.25, 0.3) is 5.69 Å². The van der Waals surface area contributed by atoms with Crippen LogP contribution in [0.15, 0.2) is 12.1 Å². The van der Waals surface area contributed by atoms with Gasteiger partial charge in [0.05, 0.1) is 4.92 Å². The third kappa shape index (κ3) is 3.68. The Hall–Kier alpha value is -1.14. The summed E-state index contributed by atoms with van der Waals surface area (Å²) < 4.78 is 11.2. The van der Waals surface area contributed by atoms with Gasteiger partial charge >= 0.3 is 0 Å². The van der Waals surface area contributed by atoms with Crippen molar-refractivity contribution < 1.29 is 9.13 Å². The molecule has 5 nitrogen and oxygen atoms in total. The molecule has 0 amide bonds. The smallest absolute Gasteiger partial charge is 0.288 e. The molecule has 7 heteroatoms. The molecule has 0 aromatic heterocycles. The van der Waals surface area contributed by atoms with E-state index < -0.39 is 15.7 Å². The molecule has 2 atom stereocenters. The number of hydrogen-bond donors (Lipinski definition) is 1. The van der Waals surface area contributed by atoms with Crippen LogP contribution in [-0.4, -0.2) is 27.2 Å². The lowest BCUT2D eigenvalue weighted by molar-refractivity contribution is -0.384. The third-order valence-corrected chi connectivity index (χ3v) is 4.24.